The molecular formula is C11H10F3NO. The predicted octanol–water partition coefficient (Wildman–Crippen LogP) is 3.62. The maximum Gasteiger partial charge on any atom is 0.573 e. The average molecular weight is 229 g/mol. The molecule has 1 aromatic rings. The topological polar surface area (TPSA) is 21.6 Å². The van der Waals surface area contributed by atoms with Crippen LogP contribution in [0.25, 0.3) is 0 Å². The van der Waals surface area contributed by atoms with Crippen LogP contribution >= 0.6 is 0 Å². The average Bonchev–Trinajstić information content (AvgIpc) is 2.14. The Labute approximate surface area is 90.8 Å². The van der Waals surface area contributed by atoms with Gasteiger partial charge in [-0.05, 0) is 31.4 Å². The first kappa shape index (κ1) is 11.0. The summed E-state index contributed by atoms with van der Waals surface area (Å²) in [7, 11) is 0. The molecule has 0 amide bonds. The zero-order valence-corrected chi connectivity index (χ0v) is 8.64. The second kappa shape index (κ2) is 3.81. The van der Waals surface area contributed by atoms with E-state index in [1.165, 1.54) is 12.1 Å². The number of aliphatic imine (C=N–C) groups is 1. The van der Waals surface area contributed by atoms with Crippen molar-refractivity contribution in [1.29, 1.82) is 0 Å². The third-order valence-corrected chi connectivity index (χ3v) is 2.36. The van der Waals surface area contributed by atoms with Gasteiger partial charge in [0.05, 0.1) is 5.69 Å². The predicted molar refractivity (Wildman–Crippen MR) is 54.2 cm³/mol. The highest BCUT2D eigenvalue weighted by molar-refractivity contribution is 5.87. The fraction of sp³-hybridized carbons (Fsp3) is 0.364. The molecule has 0 unspecified atom stereocenters. The first-order valence-electron chi connectivity index (χ1n) is 4.87. The Morgan fingerprint density at radius 2 is 2.00 bits per heavy atom. The maximum atomic E-state index is 12.0. The second-order valence-corrected chi connectivity index (χ2v) is 3.69. The number of nitrogens with zero attached hydrogens (tertiary/aromatic N) is 1. The highest BCUT2D eigenvalue weighted by atomic mass is 19.4. The molecule has 0 aromatic heterocycles. The molecule has 0 aliphatic carbocycles. The third kappa shape index (κ3) is 2.53. The van der Waals surface area contributed by atoms with Gasteiger partial charge in [-0.25, -0.2) is 0 Å². The highest BCUT2D eigenvalue weighted by Gasteiger charge is 2.31. The molecule has 2 nitrogen and oxygen atoms in total. The van der Waals surface area contributed by atoms with Crippen molar-refractivity contribution in [2.24, 2.45) is 4.99 Å². The van der Waals surface area contributed by atoms with Crippen LogP contribution in [-0.2, 0) is 6.42 Å². The monoisotopic (exact) mass is 229 g/mol. The largest absolute Gasteiger partial charge is 0.573 e. The molecule has 1 aliphatic heterocycles. The van der Waals surface area contributed by atoms with Crippen LogP contribution < -0.4 is 4.74 Å². The van der Waals surface area contributed by atoms with Gasteiger partial charge in [-0.2, -0.15) is 0 Å². The summed E-state index contributed by atoms with van der Waals surface area (Å²) in [6, 6.07) is 4.28. The van der Waals surface area contributed by atoms with Crippen LogP contribution in [0.3, 0.4) is 0 Å². The van der Waals surface area contributed by atoms with Gasteiger partial charge in [0.15, 0.2) is 0 Å². The Morgan fingerprint density at radius 1 is 1.25 bits per heavy atom. The number of rotatable bonds is 1. The van der Waals surface area contributed by atoms with Crippen LogP contribution in [0, 0.1) is 0 Å². The molecule has 0 radical (unpaired) electrons. The molecule has 0 spiro atoms. The molecule has 1 aromatic carbocycles. The zero-order chi connectivity index (χ0) is 11.8. The smallest absolute Gasteiger partial charge is 0.406 e. The lowest BCUT2D eigenvalue weighted by atomic mass is 10.0. The Bertz CT molecular complexity index is 437. The first-order chi connectivity index (χ1) is 7.44. The van der Waals surface area contributed by atoms with Crippen molar-refractivity contribution < 1.29 is 17.9 Å². The minimum absolute atomic E-state index is 0.218. The SMILES string of the molecule is CC1=Nc2cc(OC(F)(F)F)ccc2CC1. The molecular weight excluding hydrogens is 219 g/mol. The molecule has 0 saturated carbocycles. The van der Waals surface area contributed by atoms with Crippen LogP contribution in [0.5, 0.6) is 5.75 Å². The van der Waals surface area contributed by atoms with Gasteiger partial charge in [0, 0.05) is 11.8 Å². The van der Waals surface area contributed by atoms with E-state index < -0.39 is 6.36 Å². The highest BCUT2D eigenvalue weighted by Crippen LogP contribution is 2.32. The fourth-order valence-corrected chi connectivity index (χ4v) is 1.63. The molecule has 2 rings (SSSR count). The van der Waals surface area contributed by atoms with Crippen molar-refractivity contribution in [2.45, 2.75) is 26.1 Å². The second-order valence-electron chi connectivity index (χ2n) is 3.69. The number of alkyl halides is 3. The zero-order valence-electron chi connectivity index (χ0n) is 8.64. The quantitative estimate of drug-likeness (QED) is 0.720. The third-order valence-electron chi connectivity index (χ3n) is 2.36. The number of fused-ring (bicyclic) bond motifs is 1. The van der Waals surface area contributed by atoms with Gasteiger partial charge in [0.25, 0.3) is 0 Å². The van der Waals surface area contributed by atoms with Gasteiger partial charge < -0.3 is 4.74 Å². The van der Waals surface area contributed by atoms with E-state index in [1.54, 1.807) is 6.07 Å². The van der Waals surface area contributed by atoms with Crippen molar-refractivity contribution in [3.05, 3.63) is 23.8 Å². The minimum Gasteiger partial charge on any atom is -0.406 e. The number of ether oxygens (including phenoxy) is 1. The lowest BCUT2D eigenvalue weighted by molar-refractivity contribution is -0.274. The molecule has 0 fully saturated rings. The summed E-state index contributed by atoms with van der Waals surface area (Å²) >= 11 is 0. The van der Waals surface area contributed by atoms with Crippen LogP contribution in [0.1, 0.15) is 18.9 Å². The van der Waals surface area contributed by atoms with Crippen molar-refractivity contribution >= 4 is 11.4 Å². The standard InChI is InChI=1S/C11H10F3NO/c1-7-2-3-8-4-5-9(6-10(8)15-7)16-11(12,13)14/h4-6H,2-3H2,1H3. The van der Waals surface area contributed by atoms with E-state index in [0.717, 1.165) is 24.1 Å². The van der Waals surface area contributed by atoms with E-state index in [9.17, 15) is 13.2 Å². The summed E-state index contributed by atoms with van der Waals surface area (Å²) in [4.78, 5) is 4.21. The minimum atomic E-state index is -4.65. The van der Waals surface area contributed by atoms with E-state index in [-0.39, 0.29) is 5.75 Å². The molecule has 0 bridgehead atoms. The molecule has 1 aliphatic rings. The lowest BCUT2D eigenvalue weighted by Gasteiger charge is -2.15. The number of aryl methyl sites for hydroxylation is 1. The van der Waals surface area contributed by atoms with Crippen molar-refractivity contribution in [2.75, 3.05) is 0 Å². The van der Waals surface area contributed by atoms with Crippen molar-refractivity contribution in [3.8, 4) is 5.75 Å². The van der Waals surface area contributed by atoms with Gasteiger partial charge in [0.2, 0.25) is 0 Å². The summed E-state index contributed by atoms with van der Waals surface area (Å²) in [5.41, 5.74) is 2.46. The number of hydrogen-bond acceptors (Lipinski definition) is 2. The molecule has 0 atom stereocenters. The lowest BCUT2D eigenvalue weighted by Crippen LogP contribution is -2.17. The van der Waals surface area contributed by atoms with E-state index in [2.05, 4.69) is 9.73 Å². The first-order valence-corrected chi connectivity index (χ1v) is 4.87. The Balaban J connectivity index is 2.29. The van der Waals surface area contributed by atoms with Gasteiger partial charge in [0.1, 0.15) is 5.75 Å². The number of halogens is 3. The fourth-order valence-electron chi connectivity index (χ4n) is 1.63. The summed E-state index contributed by atoms with van der Waals surface area (Å²) in [6.07, 6.45) is -2.98. The van der Waals surface area contributed by atoms with E-state index >= 15 is 0 Å². The van der Waals surface area contributed by atoms with E-state index in [1.807, 2.05) is 6.92 Å². The normalized spacial score (nSPS) is 15.4. The Kier molecular flexibility index (Phi) is 2.61. The van der Waals surface area contributed by atoms with Crippen molar-refractivity contribution in [3.63, 3.8) is 0 Å². The molecule has 16 heavy (non-hydrogen) atoms. The molecule has 1 heterocycles. The van der Waals surface area contributed by atoms with Crippen LogP contribution in [-0.4, -0.2) is 12.1 Å². The summed E-state index contributed by atoms with van der Waals surface area (Å²) < 4.78 is 39.8. The van der Waals surface area contributed by atoms with Crippen LogP contribution in [0.4, 0.5) is 18.9 Å². The van der Waals surface area contributed by atoms with Gasteiger partial charge >= 0.3 is 6.36 Å². The Morgan fingerprint density at radius 3 is 2.69 bits per heavy atom. The van der Waals surface area contributed by atoms with Gasteiger partial charge in [-0.1, -0.05) is 6.07 Å². The van der Waals surface area contributed by atoms with Crippen molar-refractivity contribution in [1.82, 2.24) is 0 Å². The number of hydrogen-bond donors (Lipinski definition) is 0. The molecule has 5 heteroatoms. The number of benzene rings is 1. The van der Waals surface area contributed by atoms with Crippen LogP contribution in [0.15, 0.2) is 23.2 Å². The molecule has 0 saturated heterocycles. The van der Waals surface area contributed by atoms with Gasteiger partial charge in [-0.3, -0.25) is 4.99 Å². The summed E-state index contributed by atoms with van der Waals surface area (Å²) in [6.45, 7) is 1.86. The molecule has 86 valence electrons. The van der Waals surface area contributed by atoms with Crippen LogP contribution in [0.2, 0.25) is 0 Å². The molecule has 0 N–H and O–H groups in total. The summed E-state index contributed by atoms with van der Waals surface area (Å²) in [5, 5.41) is 0. The summed E-state index contributed by atoms with van der Waals surface area (Å²) in [5.74, 6) is -0.218. The van der Waals surface area contributed by atoms with E-state index in [4.69, 9.17) is 0 Å². The van der Waals surface area contributed by atoms with Gasteiger partial charge in [-0.15, -0.1) is 13.2 Å². The van der Waals surface area contributed by atoms with E-state index in [0.29, 0.717) is 5.69 Å². The maximum absolute atomic E-state index is 12.0. The Hall–Kier alpha value is -1.52.